The molecule has 1 N–H and O–H groups in total. The highest BCUT2D eigenvalue weighted by atomic mass is 16.2. The third-order valence-corrected chi connectivity index (χ3v) is 6.12. The third-order valence-electron chi connectivity index (χ3n) is 6.12. The second-order valence-electron chi connectivity index (χ2n) is 8.13. The SMILES string of the molecule is CC/C=C\C1=C(CC)C(C(=O)NC2CCN(CCCCC)C2)c2ccccc21. The van der Waals surface area contributed by atoms with E-state index in [1.54, 1.807) is 0 Å². The Balaban J connectivity index is 1.72. The van der Waals surface area contributed by atoms with Gasteiger partial charge in [-0.15, -0.1) is 0 Å². The molecule has 1 aromatic rings. The summed E-state index contributed by atoms with van der Waals surface area (Å²) in [4.78, 5) is 15.8. The van der Waals surface area contributed by atoms with Crippen LogP contribution in [-0.2, 0) is 4.79 Å². The molecule has 1 aliphatic carbocycles. The van der Waals surface area contributed by atoms with Crippen LogP contribution in [0.15, 0.2) is 42.0 Å². The van der Waals surface area contributed by atoms with E-state index in [0.717, 1.165) is 32.4 Å². The van der Waals surface area contributed by atoms with Crippen molar-refractivity contribution in [3.8, 4) is 0 Å². The Morgan fingerprint density at radius 1 is 1.21 bits per heavy atom. The predicted molar refractivity (Wildman–Crippen MR) is 118 cm³/mol. The van der Waals surface area contributed by atoms with Gasteiger partial charge in [0, 0.05) is 19.1 Å². The first-order chi connectivity index (χ1) is 13.7. The second kappa shape index (κ2) is 10.1. The van der Waals surface area contributed by atoms with Crippen molar-refractivity contribution >= 4 is 11.5 Å². The van der Waals surface area contributed by atoms with Crippen molar-refractivity contribution in [2.45, 2.75) is 71.3 Å². The number of benzene rings is 1. The summed E-state index contributed by atoms with van der Waals surface area (Å²) >= 11 is 0. The van der Waals surface area contributed by atoms with Gasteiger partial charge in [-0.2, -0.15) is 0 Å². The fourth-order valence-corrected chi connectivity index (χ4v) is 4.66. The summed E-state index contributed by atoms with van der Waals surface area (Å²) in [6.07, 6.45) is 11.2. The lowest BCUT2D eigenvalue weighted by Gasteiger charge is -2.20. The van der Waals surface area contributed by atoms with Crippen molar-refractivity contribution < 1.29 is 4.79 Å². The predicted octanol–water partition coefficient (Wildman–Crippen LogP) is 5.29. The normalized spacial score (nSPS) is 22.2. The van der Waals surface area contributed by atoms with Gasteiger partial charge in [0.1, 0.15) is 0 Å². The molecule has 1 heterocycles. The Hall–Kier alpha value is -1.87. The zero-order valence-electron chi connectivity index (χ0n) is 17.8. The molecule has 2 unspecified atom stereocenters. The maximum atomic E-state index is 13.3. The minimum Gasteiger partial charge on any atom is -0.351 e. The number of carbonyl (C=O) groups is 1. The summed E-state index contributed by atoms with van der Waals surface area (Å²) in [5.74, 6) is 0.0523. The van der Waals surface area contributed by atoms with Gasteiger partial charge in [-0.3, -0.25) is 4.79 Å². The number of amides is 1. The number of likely N-dealkylation sites (tertiary alicyclic amines) is 1. The summed E-state index contributed by atoms with van der Waals surface area (Å²) < 4.78 is 0. The molecule has 1 aliphatic heterocycles. The molecule has 3 rings (SSSR count). The van der Waals surface area contributed by atoms with E-state index in [1.165, 1.54) is 48.1 Å². The van der Waals surface area contributed by atoms with Gasteiger partial charge in [0.2, 0.25) is 5.91 Å². The topological polar surface area (TPSA) is 32.3 Å². The number of rotatable bonds is 9. The first-order valence-electron chi connectivity index (χ1n) is 11.2. The lowest BCUT2D eigenvalue weighted by atomic mass is 9.93. The summed E-state index contributed by atoms with van der Waals surface area (Å²) in [5.41, 5.74) is 4.93. The molecular formula is C25H36N2O. The maximum absolute atomic E-state index is 13.3. The van der Waals surface area contributed by atoms with Crippen molar-refractivity contribution in [1.82, 2.24) is 10.2 Å². The van der Waals surface area contributed by atoms with Crippen molar-refractivity contribution in [1.29, 1.82) is 0 Å². The maximum Gasteiger partial charge on any atom is 0.231 e. The van der Waals surface area contributed by atoms with Gasteiger partial charge in [0.25, 0.3) is 0 Å². The molecule has 3 nitrogen and oxygen atoms in total. The number of hydrogen-bond acceptors (Lipinski definition) is 2. The van der Waals surface area contributed by atoms with E-state index in [-0.39, 0.29) is 17.9 Å². The van der Waals surface area contributed by atoms with Crippen LogP contribution < -0.4 is 5.32 Å². The van der Waals surface area contributed by atoms with Gasteiger partial charge in [0.15, 0.2) is 0 Å². The van der Waals surface area contributed by atoms with Gasteiger partial charge < -0.3 is 10.2 Å². The molecule has 1 amide bonds. The molecular weight excluding hydrogens is 344 g/mol. The van der Waals surface area contributed by atoms with E-state index < -0.39 is 0 Å². The monoisotopic (exact) mass is 380 g/mol. The highest BCUT2D eigenvalue weighted by Crippen LogP contribution is 2.44. The summed E-state index contributed by atoms with van der Waals surface area (Å²) in [6, 6.07) is 8.72. The molecule has 0 spiro atoms. The number of carbonyl (C=O) groups excluding carboxylic acids is 1. The highest BCUT2D eigenvalue weighted by Gasteiger charge is 2.35. The van der Waals surface area contributed by atoms with Crippen LogP contribution in [0.1, 0.15) is 76.3 Å². The van der Waals surface area contributed by atoms with Crippen LogP contribution in [0.25, 0.3) is 5.57 Å². The molecule has 0 aromatic heterocycles. The van der Waals surface area contributed by atoms with Gasteiger partial charge in [0.05, 0.1) is 5.92 Å². The van der Waals surface area contributed by atoms with Crippen molar-refractivity contribution in [3.63, 3.8) is 0 Å². The fourth-order valence-electron chi connectivity index (χ4n) is 4.66. The average Bonchev–Trinajstić information content (AvgIpc) is 3.28. The zero-order chi connectivity index (χ0) is 19.9. The number of hydrogen-bond donors (Lipinski definition) is 1. The molecule has 3 heteroatoms. The Kier molecular flexibility index (Phi) is 7.50. The van der Waals surface area contributed by atoms with Crippen LogP contribution >= 0.6 is 0 Å². The third kappa shape index (κ3) is 4.57. The quantitative estimate of drug-likeness (QED) is 0.590. The molecule has 1 aromatic carbocycles. The molecule has 1 saturated heterocycles. The molecule has 0 radical (unpaired) electrons. The Bertz CT molecular complexity index is 734. The largest absolute Gasteiger partial charge is 0.351 e. The van der Waals surface area contributed by atoms with E-state index >= 15 is 0 Å². The number of unbranched alkanes of at least 4 members (excludes halogenated alkanes) is 2. The van der Waals surface area contributed by atoms with E-state index in [4.69, 9.17) is 0 Å². The van der Waals surface area contributed by atoms with Crippen molar-refractivity contribution in [2.24, 2.45) is 0 Å². The lowest BCUT2D eigenvalue weighted by Crippen LogP contribution is -2.40. The van der Waals surface area contributed by atoms with Gasteiger partial charge in [-0.1, -0.05) is 70.0 Å². The van der Waals surface area contributed by atoms with E-state index in [9.17, 15) is 4.79 Å². The van der Waals surface area contributed by atoms with Crippen LogP contribution in [0, 0.1) is 0 Å². The summed E-state index contributed by atoms with van der Waals surface area (Å²) in [5, 5.41) is 3.38. The van der Waals surface area contributed by atoms with Crippen LogP contribution in [-0.4, -0.2) is 36.5 Å². The first kappa shape index (κ1) is 20.9. The smallest absolute Gasteiger partial charge is 0.231 e. The number of fused-ring (bicyclic) bond motifs is 1. The van der Waals surface area contributed by atoms with Crippen molar-refractivity contribution in [3.05, 3.63) is 53.1 Å². The van der Waals surface area contributed by atoms with Gasteiger partial charge in [-0.25, -0.2) is 0 Å². The summed E-state index contributed by atoms with van der Waals surface area (Å²) in [7, 11) is 0. The first-order valence-corrected chi connectivity index (χ1v) is 11.2. The molecule has 0 bridgehead atoms. The molecule has 28 heavy (non-hydrogen) atoms. The standard InChI is InChI=1S/C25H36N2O/c1-4-7-11-16-27-17-15-19(18-27)26-25(28)24-20(6-3)21(12-8-5-2)22-13-9-10-14-23(22)24/h8-10,12-14,19,24H,4-7,11,15-18H2,1-3H3,(H,26,28)/b12-8-. The number of nitrogens with one attached hydrogen (secondary N) is 1. The van der Waals surface area contributed by atoms with Gasteiger partial charge in [-0.05, 0) is 54.5 Å². The molecule has 2 aliphatic rings. The molecule has 0 saturated carbocycles. The number of allylic oxidation sites excluding steroid dienone is 3. The zero-order valence-corrected chi connectivity index (χ0v) is 17.8. The van der Waals surface area contributed by atoms with Crippen LogP contribution in [0.5, 0.6) is 0 Å². The van der Waals surface area contributed by atoms with Crippen LogP contribution in [0.4, 0.5) is 0 Å². The second-order valence-corrected chi connectivity index (χ2v) is 8.13. The Labute approximate surface area is 170 Å². The molecule has 1 fully saturated rings. The van der Waals surface area contributed by atoms with E-state index in [0.29, 0.717) is 0 Å². The summed E-state index contributed by atoms with van der Waals surface area (Å²) in [6.45, 7) is 9.84. The van der Waals surface area contributed by atoms with E-state index in [2.05, 4.69) is 67.4 Å². The van der Waals surface area contributed by atoms with Crippen molar-refractivity contribution in [2.75, 3.05) is 19.6 Å². The molecule has 2 atom stereocenters. The lowest BCUT2D eigenvalue weighted by molar-refractivity contribution is -0.122. The Morgan fingerprint density at radius 3 is 2.79 bits per heavy atom. The van der Waals surface area contributed by atoms with Crippen LogP contribution in [0.2, 0.25) is 0 Å². The minimum atomic E-state index is -0.133. The van der Waals surface area contributed by atoms with Gasteiger partial charge >= 0.3 is 0 Å². The fraction of sp³-hybridized carbons (Fsp3) is 0.560. The minimum absolute atomic E-state index is 0.133. The van der Waals surface area contributed by atoms with Crippen LogP contribution in [0.3, 0.4) is 0 Å². The Morgan fingerprint density at radius 2 is 2.04 bits per heavy atom. The number of nitrogens with zero attached hydrogens (tertiary/aromatic N) is 1. The van der Waals surface area contributed by atoms with E-state index in [1.807, 2.05) is 0 Å². The average molecular weight is 381 g/mol. The molecule has 152 valence electrons. The highest BCUT2D eigenvalue weighted by molar-refractivity contribution is 5.97.